The molecule has 0 unspecified atom stereocenters. The van der Waals surface area contributed by atoms with E-state index in [-0.39, 0.29) is 17.5 Å². The lowest BCUT2D eigenvalue weighted by Crippen LogP contribution is -2.37. The molecule has 0 radical (unpaired) electrons. The average molecular weight is 356 g/mol. The summed E-state index contributed by atoms with van der Waals surface area (Å²) >= 11 is 5.45. The normalized spacial score (nSPS) is 20.4. The number of aromatic nitrogens is 3. The maximum Gasteiger partial charge on any atom is 0.199 e. The molecule has 0 amide bonds. The SMILES string of the molecule is CCN(Cn1nc(-c2ccco2)n(C)c1=S)[C@@H]1CCS(=O)(=O)C1. The lowest BCUT2D eigenvalue weighted by Gasteiger charge is -2.25. The Morgan fingerprint density at radius 1 is 1.52 bits per heavy atom. The van der Waals surface area contributed by atoms with Crippen LogP contribution in [-0.2, 0) is 23.6 Å². The van der Waals surface area contributed by atoms with Gasteiger partial charge in [-0.05, 0) is 37.3 Å². The molecule has 2 aromatic heterocycles. The Morgan fingerprint density at radius 2 is 2.30 bits per heavy atom. The van der Waals surface area contributed by atoms with Gasteiger partial charge in [0.15, 0.2) is 26.2 Å². The minimum Gasteiger partial charge on any atom is -0.461 e. The van der Waals surface area contributed by atoms with E-state index >= 15 is 0 Å². The molecule has 0 aromatic carbocycles. The molecule has 23 heavy (non-hydrogen) atoms. The quantitative estimate of drug-likeness (QED) is 0.759. The van der Waals surface area contributed by atoms with Gasteiger partial charge in [-0.1, -0.05) is 6.92 Å². The van der Waals surface area contributed by atoms with Crippen molar-refractivity contribution in [2.45, 2.75) is 26.1 Å². The van der Waals surface area contributed by atoms with Gasteiger partial charge in [0.1, 0.15) is 0 Å². The summed E-state index contributed by atoms with van der Waals surface area (Å²) in [5, 5.41) is 4.54. The van der Waals surface area contributed by atoms with E-state index in [1.54, 1.807) is 21.6 Å². The third-order valence-corrected chi connectivity index (χ3v) is 6.46. The standard InChI is InChI=1S/C14H20N4O3S2/c1-3-17(11-6-8-23(19,20)9-11)10-18-14(22)16(2)13(15-18)12-5-4-7-21-12/h4-5,7,11H,3,6,8-10H2,1-2H3/t11-/m1/s1. The monoisotopic (exact) mass is 356 g/mol. The van der Waals surface area contributed by atoms with Crippen LogP contribution in [0.4, 0.5) is 0 Å². The van der Waals surface area contributed by atoms with Crippen LogP contribution in [0.25, 0.3) is 11.6 Å². The van der Waals surface area contributed by atoms with Crippen molar-refractivity contribution in [1.29, 1.82) is 0 Å². The van der Waals surface area contributed by atoms with Crippen LogP contribution < -0.4 is 0 Å². The van der Waals surface area contributed by atoms with Gasteiger partial charge in [-0.15, -0.1) is 5.10 Å². The Bertz CT molecular complexity index is 836. The maximum absolute atomic E-state index is 11.7. The first-order valence-electron chi connectivity index (χ1n) is 7.53. The Kier molecular flexibility index (Phi) is 4.43. The number of hydrogen-bond acceptors (Lipinski definition) is 6. The van der Waals surface area contributed by atoms with Crippen molar-refractivity contribution in [3.8, 4) is 11.6 Å². The molecular weight excluding hydrogens is 336 g/mol. The van der Waals surface area contributed by atoms with Crippen LogP contribution in [0.15, 0.2) is 22.8 Å². The molecule has 0 saturated carbocycles. The van der Waals surface area contributed by atoms with Crippen molar-refractivity contribution < 1.29 is 12.8 Å². The Hall–Kier alpha value is -1.45. The minimum atomic E-state index is -2.91. The molecule has 2 aromatic rings. The highest BCUT2D eigenvalue weighted by atomic mass is 32.2. The average Bonchev–Trinajstić information content (AvgIpc) is 3.20. The third kappa shape index (κ3) is 3.26. The summed E-state index contributed by atoms with van der Waals surface area (Å²) in [5.41, 5.74) is 0. The molecule has 0 N–H and O–H groups in total. The predicted molar refractivity (Wildman–Crippen MR) is 89.2 cm³/mol. The fourth-order valence-corrected chi connectivity index (χ4v) is 4.86. The summed E-state index contributed by atoms with van der Waals surface area (Å²) in [6.45, 7) is 3.24. The molecule has 3 heterocycles. The highest BCUT2D eigenvalue weighted by Gasteiger charge is 2.32. The summed E-state index contributed by atoms with van der Waals surface area (Å²) in [5.74, 6) is 1.80. The molecule has 1 saturated heterocycles. The highest BCUT2D eigenvalue weighted by molar-refractivity contribution is 7.91. The summed E-state index contributed by atoms with van der Waals surface area (Å²) in [6.07, 6.45) is 2.26. The molecular formula is C14H20N4O3S2. The summed E-state index contributed by atoms with van der Waals surface area (Å²) in [7, 11) is -1.06. The van der Waals surface area contributed by atoms with Crippen LogP contribution in [-0.4, -0.2) is 51.8 Å². The van der Waals surface area contributed by atoms with Crippen LogP contribution in [0.1, 0.15) is 13.3 Å². The number of furan rings is 1. The van der Waals surface area contributed by atoms with E-state index in [2.05, 4.69) is 10.00 Å². The van der Waals surface area contributed by atoms with E-state index in [1.807, 2.05) is 20.0 Å². The summed E-state index contributed by atoms with van der Waals surface area (Å²) in [4.78, 5) is 2.11. The molecule has 3 rings (SSSR count). The number of nitrogens with zero attached hydrogens (tertiary/aromatic N) is 4. The predicted octanol–water partition coefficient (Wildman–Crippen LogP) is 1.68. The van der Waals surface area contributed by atoms with E-state index in [1.165, 1.54) is 0 Å². The van der Waals surface area contributed by atoms with Crippen molar-refractivity contribution in [2.24, 2.45) is 7.05 Å². The topological polar surface area (TPSA) is 73.3 Å². The second kappa shape index (κ2) is 6.21. The molecule has 1 fully saturated rings. The third-order valence-electron chi connectivity index (χ3n) is 4.23. The molecule has 7 nitrogen and oxygen atoms in total. The van der Waals surface area contributed by atoms with Crippen molar-refractivity contribution >= 4 is 22.1 Å². The second-order valence-electron chi connectivity index (χ2n) is 5.75. The molecule has 0 bridgehead atoms. The van der Waals surface area contributed by atoms with Gasteiger partial charge in [-0.25, -0.2) is 13.1 Å². The molecule has 1 aliphatic rings. The van der Waals surface area contributed by atoms with Gasteiger partial charge in [0.2, 0.25) is 0 Å². The number of sulfone groups is 1. The Balaban J connectivity index is 1.85. The van der Waals surface area contributed by atoms with E-state index < -0.39 is 9.84 Å². The first-order chi connectivity index (χ1) is 10.9. The fraction of sp³-hybridized carbons (Fsp3) is 0.571. The number of rotatable bonds is 5. The van der Waals surface area contributed by atoms with E-state index in [0.29, 0.717) is 29.4 Å². The zero-order valence-corrected chi connectivity index (χ0v) is 14.8. The van der Waals surface area contributed by atoms with Crippen LogP contribution in [0.2, 0.25) is 0 Å². The first kappa shape index (κ1) is 16.4. The molecule has 9 heteroatoms. The van der Waals surface area contributed by atoms with Gasteiger partial charge in [0.05, 0.1) is 24.4 Å². The summed E-state index contributed by atoms with van der Waals surface area (Å²) < 4.78 is 32.9. The zero-order chi connectivity index (χ0) is 16.6. The lowest BCUT2D eigenvalue weighted by molar-refractivity contribution is 0.164. The van der Waals surface area contributed by atoms with Crippen molar-refractivity contribution in [1.82, 2.24) is 19.2 Å². The highest BCUT2D eigenvalue weighted by Crippen LogP contribution is 2.20. The minimum absolute atomic E-state index is 0.0287. The fourth-order valence-electron chi connectivity index (χ4n) is 2.91. The van der Waals surface area contributed by atoms with Crippen LogP contribution in [0.3, 0.4) is 0 Å². The molecule has 1 aliphatic heterocycles. The van der Waals surface area contributed by atoms with Crippen molar-refractivity contribution in [3.63, 3.8) is 0 Å². The molecule has 0 spiro atoms. The van der Waals surface area contributed by atoms with Gasteiger partial charge in [0, 0.05) is 13.1 Å². The van der Waals surface area contributed by atoms with Gasteiger partial charge in [0.25, 0.3) is 0 Å². The van der Waals surface area contributed by atoms with E-state index in [9.17, 15) is 8.42 Å². The van der Waals surface area contributed by atoms with Gasteiger partial charge >= 0.3 is 0 Å². The van der Waals surface area contributed by atoms with Crippen molar-refractivity contribution in [2.75, 3.05) is 18.1 Å². The number of hydrogen-bond donors (Lipinski definition) is 0. The van der Waals surface area contributed by atoms with Crippen molar-refractivity contribution in [3.05, 3.63) is 23.2 Å². The lowest BCUT2D eigenvalue weighted by atomic mass is 10.2. The largest absolute Gasteiger partial charge is 0.461 e. The van der Waals surface area contributed by atoms with E-state index in [4.69, 9.17) is 16.6 Å². The first-order valence-corrected chi connectivity index (χ1v) is 9.76. The molecule has 1 atom stereocenters. The maximum atomic E-state index is 11.7. The van der Waals surface area contributed by atoms with Gasteiger partial charge in [-0.3, -0.25) is 4.90 Å². The molecule has 126 valence electrons. The molecule has 0 aliphatic carbocycles. The zero-order valence-electron chi connectivity index (χ0n) is 13.2. The van der Waals surface area contributed by atoms with Crippen LogP contribution >= 0.6 is 12.2 Å². The smallest absolute Gasteiger partial charge is 0.199 e. The Labute approximate surface area is 140 Å². The van der Waals surface area contributed by atoms with E-state index in [0.717, 1.165) is 6.54 Å². The van der Waals surface area contributed by atoms with Crippen LogP contribution in [0.5, 0.6) is 0 Å². The van der Waals surface area contributed by atoms with Crippen LogP contribution in [0, 0.1) is 4.77 Å². The van der Waals surface area contributed by atoms with Gasteiger partial charge in [-0.2, -0.15) is 0 Å². The second-order valence-corrected chi connectivity index (χ2v) is 8.34. The van der Waals surface area contributed by atoms with Gasteiger partial charge < -0.3 is 8.98 Å². The Morgan fingerprint density at radius 3 is 2.87 bits per heavy atom. The summed E-state index contributed by atoms with van der Waals surface area (Å²) in [6, 6.07) is 3.67.